The monoisotopic (exact) mass is 219 g/mol. The maximum atomic E-state index is 5.86. The molecule has 2 heteroatoms. The predicted molar refractivity (Wildman–Crippen MR) is 64.3 cm³/mol. The summed E-state index contributed by atoms with van der Waals surface area (Å²) in [5.74, 6) is 4.76. The summed E-state index contributed by atoms with van der Waals surface area (Å²) in [5, 5.41) is 3.56. The molecule has 1 aromatic heterocycles. The number of hydrogen-bond acceptors (Lipinski definition) is 2. The highest BCUT2D eigenvalue weighted by molar-refractivity contribution is 5.17. The third kappa shape index (κ3) is 2.03. The lowest BCUT2D eigenvalue weighted by atomic mass is 9.82. The van der Waals surface area contributed by atoms with Crippen LogP contribution in [-0.4, -0.2) is 6.04 Å². The largest absolute Gasteiger partial charge is 0.464 e. The van der Waals surface area contributed by atoms with E-state index in [4.69, 9.17) is 4.42 Å². The molecule has 2 aliphatic rings. The molecule has 2 fully saturated rings. The molecule has 2 unspecified atom stereocenters. The van der Waals surface area contributed by atoms with Crippen molar-refractivity contribution in [1.29, 1.82) is 0 Å². The van der Waals surface area contributed by atoms with Crippen molar-refractivity contribution in [2.75, 3.05) is 0 Å². The second kappa shape index (κ2) is 3.92. The van der Waals surface area contributed by atoms with Crippen LogP contribution in [0.5, 0.6) is 0 Å². The van der Waals surface area contributed by atoms with E-state index in [1.807, 2.05) is 0 Å². The summed E-state index contributed by atoms with van der Waals surface area (Å²) >= 11 is 0. The fourth-order valence-corrected chi connectivity index (χ4v) is 2.72. The summed E-state index contributed by atoms with van der Waals surface area (Å²) in [4.78, 5) is 0. The van der Waals surface area contributed by atoms with Crippen LogP contribution in [0.25, 0.3) is 0 Å². The normalized spacial score (nSPS) is 37.1. The molecule has 0 aliphatic heterocycles. The Hall–Kier alpha value is -0.760. The highest BCUT2D eigenvalue weighted by Crippen LogP contribution is 2.47. The minimum atomic E-state index is 0.706. The molecule has 0 aromatic carbocycles. The topological polar surface area (TPSA) is 25.2 Å². The van der Waals surface area contributed by atoms with Gasteiger partial charge in [0.1, 0.15) is 11.5 Å². The van der Waals surface area contributed by atoms with Gasteiger partial charge in [-0.3, -0.25) is 0 Å². The van der Waals surface area contributed by atoms with Crippen LogP contribution in [0.2, 0.25) is 0 Å². The lowest BCUT2D eigenvalue weighted by molar-refractivity contribution is 0.234. The van der Waals surface area contributed by atoms with Crippen LogP contribution in [0.4, 0.5) is 0 Å². The van der Waals surface area contributed by atoms with E-state index < -0.39 is 0 Å². The van der Waals surface area contributed by atoms with Gasteiger partial charge in [0.25, 0.3) is 0 Å². The van der Waals surface area contributed by atoms with E-state index in [0.717, 1.165) is 30.2 Å². The van der Waals surface area contributed by atoms with Crippen molar-refractivity contribution >= 4 is 0 Å². The lowest BCUT2D eigenvalue weighted by Gasteiger charge is -2.33. The number of rotatable bonds is 4. The van der Waals surface area contributed by atoms with Crippen LogP contribution in [-0.2, 0) is 6.54 Å². The Morgan fingerprint density at radius 3 is 2.62 bits per heavy atom. The van der Waals surface area contributed by atoms with E-state index in [0.29, 0.717) is 5.92 Å². The summed E-state index contributed by atoms with van der Waals surface area (Å²) in [6, 6.07) is 5.02. The van der Waals surface area contributed by atoms with Gasteiger partial charge in [-0.05, 0) is 43.2 Å². The molecule has 0 radical (unpaired) electrons. The molecule has 2 nitrogen and oxygen atoms in total. The van der Waals surface area contributed by atoms with Crippen LogP contribution in [0.3, 0.4) is 0 Å². The molecule has 1 N–H and O–H groups in total. The molecule has 1 heterocycles. The minimum absolute atomic E-state index is 0.706. The molecule has 16 heavy (non-hydrogen) atoms. The Kier molecular flexibility index (Phi) is 2.55. The summed E-state index contributed by atoms with van der Waals surface area (Å²) < 4.78 is 5.86. The molecule has 0 bridgehead atoms. The van der Waals surface area contributed by atoms with Gasteiger partial charge in [-0.15, -0.1) is 0 Å². The molecule has 2 aliphatic carbocycles. The lowest BCUT2D eigenvalue weighted by Crippen LogP contribution is -2.39. The molecule has 2 atom stereocenters. The zero-order valence-corrected chi connectivity index (χ0v) is 10.2. The van der Waals surface area contributed by atoms with E-state index in [2.05, 4.69) is 31.3 Å². The van der Waals surface area contributed by atoms with Crippen LogP contribution < -0.4 is 5.32 Å². The summed E-state index contributed by atoms with van der Waals surface area (Å²) in [5.41, 5.74) is 0. The second-order valence-corrected chi connectivity index (χ2v) is 5.78. The molecule has 0 spiro atoms. The molecular formula is C14H21NO. The third-order valence-electron chi connectivity index (χ3n) is 4.10. The van der Waals surface area contributed by atoms with Crippen molar-refractivity contribution < 1.29 is 4.42 Å². The van der Waals surface area contributed by atoms with E-state index in [1.165, 1.54) is 25.0 Å². The van der Waals surface area contributed by atoms with Gasteiger partial charge in [0, 0.05) is 12.0 Å². The van der Waals surface area contributed by atoms with Gasteiger partial charge in [-0.2, -0.15) is 0 Å². The minimum Gasteiger partial charge on any atom is -0.464 e. The van der Waals surface area contributed by atoms with Gasteiger partial charge in [-0.25, -0.2) is 0 Å². The van der Waals surface area contributed by atoms with E-state index in [9.17, 15) is 0 Å². The van der Waals surface area contributed by atoms with Crippen molar-refractivity contribution in [3.05, 3.63) is 23.7 Å². The van der Waals surface area contributed by atoms with Crippen molar-refractivity contribution in [3.63, 3.8) is 0 Å². The van der Waals surface area contributed by atoms with Crippen molar-refractivity contribution in [2.45, 2.75) is 51.6 Å². The van der Waals surface area contributed by atoms with Crippen LogP contribution >= 0.6 is 0 Å². The van der Waals surface area contributed by atoms with Gasteiger partial charge in [-0.1, -0.05) is 13.8 Å². The van der Waals surface area contributed by atoms with Gasteiger partial charge in [0.2, 0.25) is 0 Å². The zero-order valence-electron chi connectivity index (χ0n) is 10.2. The highest BCUT2D eigenvalue weighted by atomic mass is 16.3. The Morgan fingerprint density at radius 1 is 1.25 bits per heavy atom. The van der Waals surface area contributed by atoms with Crippen molar-refractivity contribution in [3.8, 4) is 0 Å². The molecular weight excluding hydrogens is 198 g/mol. The third-order valence-corrected chi connectivity index (χ3v) is 4.10. The first-order chi connectivity index (χ1) is 7.72. The SMILES string of the molecule is CC1CC(NCc2ccc(C3CC3C)o2)C1. The molecule has 1 aromatic rings. The fourth-order valence-electron chi connectivity index (χ4n) is 2.72. The summed E-state index contributed by atoms with van der Waals surface area (Å²) in [7, 11) is 0. The van der Waals surface area contributed by atoms with Gasteiger partial charge in [0.15, 0.2) is 0 Å². The maximum Gasteiger partial charge on any atom is 0.117 e. The predicted octanol–water partition coefficient (Wildman–Crippen LogP) is 3.29. The fraction of sp³-hybridized carbons (Fsp3) is 0.714. The second-order valence-electron chi connectivity index (χ2n) is 5.78. The van der Waals surface area contributed by atoms with E-state index in [1.54, 1.807) is 0 Å². The van der Waals surface area contributed by atoms with Crippen LogP contribution in [0.15, 0.2) is 16.5 Å². The van der Waals surface area contributed by atoms with Crippen LogP contribution in [0, 0.1) is 11.8 Å². The molecule has 0 amide bonds. The first kappa shape index (κ1) is 10.4. The average Bonchev–Trinajstić information content (AvgIpc) is 2.77. The summed E-state index contributed by atoms with van der Waals surface area (Å²) in [6.45, 7) is 5.51. The maximum absolute atomic E-state index is 5.86. The molecule has 88 valence electrons. The van der Waals surface area contributed by atoms with E-state index in [-0.39, 0.29) is 0 Å². The zero-order chi connectivity index (χ0) is 11.1. The standard InChI is InChI=1S/C14H21NO/c1-9-5-11(6-9)15-8-12-3-4-14(16-12)13-7-10(13)2/h3-4,9-11,13,15H,5-8H2,1-2H3. The first-order valence-electron chi connectivity index (χ1n) is 6.54. The van der Waals surface area contributed by atoms with Crippen molar-refractivity contribution in [1.82, 2.24) is 5.32 Å². The first-order valence-corrected chi connectivity index (χ1v) is 6.54. The Balaban J connectivity index is 1.49. The molecule has 3 rings (SSSR count). The molecule has 0 saturated heterocycles. The van der Waals surface area contributed by atoms with E-state index >= 15 is 0 Å². The Labute approximate surface area is 97.4 Å². The highest BCUT2D eigenvalue weighted by Gasteiger charge is 2.36. The smallest absolute Gasteiger partial charge is 0.117 e. The number of hydrogen-bond donors (Lipinski definition) is 1. The van der Waals surface area contributed by atoms with Gasteiger partial charge in [0.05, 0.1) is 6.54 Å². The van der Waals surface area contributed by atoms with Crippen molar-refractivity contribution in [2.24, 2.45) is 11.8 Å². The van der Waals surface area contributed by atoms with Gasteiger partial charge >= 0.3 is 0 Å². The number of furan rings is 1. The average molecular weight is 219 g/mol. The quantitative estimate of drug-likeness (QED) is 0.840. The van der Waals surface area contributed by atoms with Crippen LogP contribution in [0.1, 0.15) is 50.5 Å². The Bertz CT molecular complexity index is 365. The molecule has 2 saturated carbocycles. The van der Waals surface area contributed by atoms with Gasteiger partial charge < -0.3 is 9.73 Å². The summed E-state index contributed by atoms with van der Waals surface area (Å²) in [6.07, 6.45) is 3.96. The number of nitrogens with one attached hydrogen (secondary N) is 1. The Morgan fingerprint density at radius 2 is 2.00 bits per heavy atom.